The van der Waals surface area contributed by atoms with Crippen molar-refractivity contribution in [2.45, 2.75) is 528 Å². The summed E-state index contributed by atoms with van der Waals surface area (Å²) in [6.07, 6.45) is 82.2. The lowest BCUT2D eigenvalue weighted by atomic mass is 9.99. The quantitative estimate of drug-likeness (QED) is 0.0222. The van der Waals surface area contributed by atoms with E-state index >= 15 is 0 Å². The fourth-order valence-electron chi connectivity index (χ4n) is 14.7. The molecule has 0 aliphatic heterocycles. The molecule has 0 spiro atoms. The predicted octanol–water partition coefficient (Wildman–Crippen LogP) is 29.1. The van der Waals surface area contributed by atoms with Gasteiger partial charge in [-0.1, -0.05) is 458 Å². The molecule has 3 unspecified atom stereocenters. The van der Waals surface area contributed by atoms with Gasteiger partial charge in [0.15, 0.2) is 12.2 Å². The van der Waals surface area contributed by atoms with Gasteiger partial charge in [-0.05, 0) is 31.6 Å². The summed E-state index contributed by atoms with van der Waals surface area (Å²) in [6, 6.07) is 0. The Hall–Kier alpha value is -1.94. The van der Waals surface area contributed by atoms with E-state index in [2.05, 4.69) is 34.6 Å². The van der Waals surface area contributed by atoms with E-state index in [0.717, 1.165) is 95.8 Å². The van der Waals surface area contributed by atoms with Gasteiger partial charge in [-0.2, -0.15) is 0 Å². The molecular formula is C93H182O17P2. The van der Waals surface area contributed by atoms with Crippen LogP contribution < -0.4 is 0 Å². The second-order valence-electron chi connectivity index (χ2n) is 33.6. The number of hydrogen-bond acceptors (Lipinski definition) is 15. The number of carbonyl (C=O) groups is 4. The minimum absolute atomic E-state index is 0.109. The molecule has 0 aliphatic rings. The van der Waals surface area contributed by atoms with Crippen LogP contribution in [0.5, 0.6) is 0 Å². The van der Waals surface area contributed by atoms with Gasteiger partial charge in [-0.15, -0.1) is 0 Å². The molecule has 0 saturated carbocycles. The van der Waals surface area contributed by atoms with Crippen LogP contribution in [0.4, 0.5) is 0 Å². The standard InChI is InChI=1S/C93H182O17P2/c1-6-10-13-16-19-22-24-26-28-30-32-33-34-36-40-44-48-52-57-62-67-72-77-91(96)104-83-89(110-93(98)79-74-69-64-59-54-50-46-42-38-37-39-43-47-51-56-60-65-70-75-86(5)9-4)85-108-112(101,102)106-81-87(94)80-105-111(99,100)107-84-88(82-103-90(95)76-71-66-61-55-21-18-15-12-8-3)109-92(97)78-73-68-63-58-53-49-45-41-35-31-29-27-25-23-20-17-14-11-7-2/h86-89,94H,6-85H2,1-5H3,(H,99,100)(H,101,102)/t86?,87-,88+,89+/m0/s1. The van der Waals surface area contributed by atoms with Crippen molar-refractivity contribution in [1.29, 1.82) is 0 Å². The molecule has 0 radical (unpaired) electrons. The lowest BCUT2D eigenvalue weighted by Crippen LogP contribution is -2.30. The van der Waals surface area contributed by atoms with E-state index in [9.17, 15) is 43.2 Å². The van der Waals surface area contributed by atoms with Crippen LogP contribution in [0.15, 0.2) is 0 Å². The Labute approximate surface area is 689 Å². The van der Waals surface area contributed by atoms with Crippen molar-refractivity contribution in [3.63, 3.8) is 0 Å². The third-order valence-electron chi connectivity index (χ3n) is 22.4. The summed E-state index contributed by atoms with van der Waals surface area (Å²) in [5.74, 6) is -1.22. The number of phosphoric acid groups is 2. The molecule has 17 nitrogen and oxygen atoms in total. The number of rotatable bonds is 93. The Kier molecular flexibility index (Phi) is 84.0. The van der Waals surface area contributed by atoms with Gasteiger partial charge in [-0.25, -0.2) is 9.13 Å². The van der Waals surface area contributed by atoms with Gasteiger partial charge in [0.1, 0.15) is 19.3 Å². The first kappa shape index (κ1) is 110. The smallest absolute Gasteiger partial charge is 0.462 e. The summed E-state index contributed by atoms with van der Waals surface area (Å²) in [6.45, 7) is 7.45. The van der Waals surface area contributed by atoms with Crippen LogP contribution in [-0.2, 0) is 65.4 Å². The normalized spacial score (nSPS) is 13.9. The molecular weight excluding hydrogens is 1450 g/mol. The molecule has 3 N–H and O–H groups in total. The largest absolute Gasteiger partial charge is 0.472 e. The minimum atomic E-state index is -4.97. The Morgan fingerprint density at radius 2 is 0.429 bits per heavy atom. The van der Waals surface area contributed by atoms with E-state index in [1.165, 1.54) is 334 Å². The van der Waals surface area contributed by atoms with Gasteiger partial charge in [0, 0.05) is 25.7 Å². The van der Waals surface area contributed by atoms with Crippen molar-refractivity contribution in [2.24, 2.45) is 5.92 Å². The maximum Gasteiger partial charge on any atom is 0.472 e. The molecule has 666 valence electrons. The van der Waals surface area contributed by atoms with Crippen molar-refractivity contribution in [3.8, 4) is 0 Å². The highest BCUT2D eigenvalue weighted by Crippen LogP contribution is 2.45. The number of hydrogen-bond donors (Lipinski definition) is 3. The summed E-state index contributed by atoms with van der Waals surface area (Å²) in [7, 11) is -9.93. The summed E-state index contributed by atoms with van der Waals surface area (Å²) >= 11 is 0. The number of carbonyl (C=O) groups excluding carboxylic acids is 4. The number of esters is 4. The van der Waals surface area contributed by atoms with Crippen molar-refractivity contribution in [3.05, 3.63) is 0 Å². The van der Waals surface area contributed by atoms with Crippen molar-refractivity contribution in [1.82, 2.24) is 0 Å². The Bertz CT molecular complexity index is 2120. The summed E-state index contributed by atoms with van der Waals surface area (Å²) in [4.78, 5) is 73.4. The van der Waals surface area contributed by atoms with Crippen LogP contribution in [0.3, 0.4) is 0 Å². The number of phosphoric ester groups is 2. The Morgan fingerprint density at radius 1 is 0.250 bits per heavy atom. The molecule has 0 aliphatic carbocycles. The lowest BCUT2D eigenvalue weighted by Gasteiger charge is -2.21. The van der Waals surface area contributed by atoms with Gasteiger partial charge in [0.25, 0.3) is 0 Å². The SMILES string of the molecule is CCCCCCCCCCCCCCCCCCCCCCCCC(=O)OC[C@H](COP(=O)(O)OC[C@@H](O)COP(=O)(O)OC[C@@H](COC(=O)CCCCCCCCCCC)OC(=O)CCCCCCCCCCCCCCCCCCCCC)OC(=O)CCCCCCCCCCCCCCCCCCCCC(C)CC. The first-order chi connectivity index (χ1) is 54.6. The fraction of sp³-hybridized carbons (Fsp3) is 0.957. The van der Waals surface area contributed by atoms with Gasteiger partial charge >= 0.3 is 39.5 Å². The maximum atomic E-state index is 13.2. The molecule has 0 amide bonds. The van der Waals surface area contributed by atoms with Gasteiger partial charge in [0.2, 0.25) is 0 Å². The average molecular weight is 1630 g/mol. The number of aliphatic hydroxyl groups is 1. The van der Waals surface area contributed by atoms with Crippen molar-refractivity contribution >= 4 is 39.5 Å². The molecule has 0 aromatic rings. The monoisotopic (exact) mass is 1630 g/mol. The predicted molar refractivity (Wildman–Crippen MR) is 465 cm³/mol. The summed E-state index contributed by atoms with van der Waals surface area (Å²) in [5.41, 5.74) is 0. The molecule has 0 rings (SSSR count). The second kappa shape index (κ2) is 85.5. The molecule has 0 bridgehead atoms. The zero-order valence-electron chi connectivity index (χ0n) is 73.8. The van der Waals surface area contributed by atoms with Gasteiger partial charge in [0.05, 0.1) is 26.4 Å². The number of aliphatic hydroxyl groups excluding tert-OH is 1. The third kappa shape index (κ3) is 84.5. The van der Waals surface area contributed by atoms with Crippen LogP contribution in [0.1, 0.15) is 510 Å². The molecule has 19 heteroatoms. The van der Waals surface area contributed by atoms with Crippen LogP contribution in [0.25, 0.3) is 0 Å². The Balaban J connectivity index is 5.18. The van der Waals surface area contributed by atoms with E-state index in [1.807, 2.05) is 0 Å². The van der Waals surface area contributed by atoms with E-state index in [-0.39, 0.29) is 25.7 Å². The van der Waals surface area contributed by atoms with E-state index in [0.29, 0.717) is 25.7 Å². The molecule has 0 aromatic carbocycles. The zero-order chi connectivity index (χ0) is 81.8. The topological polar surface area (TPSA) is 237 Å². The van der Waals surface area contributed by atoms with E-state index in [4.69, 9.17) is 37.0 Å². The molecule has 0 saturated heterocycles. The van der Waals surface area contributed by atoms with Crippen LogP contribution in [-0.4, -0.2) is 96.7 Å². The first-order valence-electron chi connectivity index (χ1n) is 48.2. The minimum Gasteiger partial charge on any atom is -0.462 e. The highest BCUT2D eigenvalue weighted by molar-refractivity contribution is 7.47. The maximum absolute atomic E-state index is 13.2. The molecule has 6 atom stereocenters. The molecule has 0 aromatic heterocycles. The number of ether oxygens (including phenoxy) is 4. The van der Waals surface area contributed by atoms with Crippen LogP contribution in [0, 0.1) is 5.92 Å². The fourth-order valence-corrected chi connectivity index (χ4v) is 16.3. The second-order valence-corrected chi connectivity index (χ2v) is 36.6. The average Bonchev–Trinajstić information content (AvgIpc) is 0.921. The van der Waals surface area contributed by atoms with Crippen LogP contribution >= 0.6 is 15.6 Å². The lowest BCUT2D eigenvalue weighted by molar-refractivity contribution is -0.161. The Morgan fingerprint density at radius 3 is 0.634 bits per heavy atom. The van der Waals surface area contributed by atoms with E-state index in [1.54, 1.807) is 0 Å². The highest BCUT2D eigenvalue weighted by Gasteiger charge is 2.31. The highest BCUT2D eigenvalue weighted by atomic mass is 31.2. The number of unbranched alkanes of at least 4 members (excludes halogenated alkanes) is 64. The first-order valence-corrected chi connectivity index (χ1v) is 51.2. The van der Waals surface area contributed by atoms with Gasteiger partial charge < -0.3 is 33.8 Å². The van der Waals surface area contributed by atoms with E-state index < -0.39 is 97.5 Å². The molecule has 0 fully saturated rings. The summed E-state index contributed by atoms with van der Waals surface area (Å²) < 4.78 is 69.1. The molecule has 0 heterocycles. The summed E-state index contributed by atoms with van der Waals surface area (Å²) in [5, 5.41) is 10.7. The van der Waals surface area contributed by atoms with Crippen LogP contribution in [0.2, 0.25) is 0 Å². The molecule has 112 heavy (non-hydrogen) atoms. The van der Waals surface area contributed by atoms with Gasteiger partial charge in [-0.3, -0.25) is 37.3 Å². The van der Waals surface area contributed by atoms with Crippen molar-refractivity contribution < 1.29 is 80.2 Å². The third-order valence-corrected chi connectivity index (χ3v) is 24.3. The van der Waals surface area contributed by atoms with Crippen molar-refractivity contribution in [2.75, 3.05) is 39.6 Å². The zero-order valence-corrected chi connectivity index (χ0v) is 75.6.